The van der Waals surface area contributed by atoms with Crippen LogP contribution in [0.4, 0.5) is 0 Å². The van der Waals surface area contributed by atoms with E-state index in [1.807, 2.05) is 30.6 Å². The SMILES string of the molecule is CN(Cc1ccsc1)C(=O)CSc1nnc(C2CC2)n1Cc1ccco1. The van der Waals surface area contributed by atoms with Crippen molar-refractivity contribution in [2.75, 3.05) is 12.8 Å². The Hall–Kier alpha value is -2.06. The molecule has 0 saturated heterocycles. The zero-order valence-corrected chi connectivity index (χ0v) is 16.1. The van der Waals surface area contributed by atoms with Crippen molar-refractivity contribution >= 4 is 29.0 Å². The Bertz CT molecular complexity index is 854. The highest BCUT2D eigenvalue weighted by Crippen LogP contribution is 2.40. The third-order valence-electron chi connectivity index (χ3n) is 4.33. The van der Waals surface area contributed by atoms with Gasteiger partial charge in [-0.1, -0.05) is 11.8 Å². The number of hydrogen-bond acceptors (Lipinski definition) is 6. The molecule has 0 spiro atoms. The van der Waals surface area contributed by atoms with Crippen LogP contribution in [0.1, 0.15) is 35.9 Å². The average Bonchev–Trinajstić information content (AvgIpc) is 3.05. The molecule has 3 heterocycles. The van der Waals surface area contributed by atoms with Gasteiger partial charge in [0.25, 0.3) is 0 Å². The van der Waals surface area contributed by atoms with Crippen LogP contribution in [0.2, 0.25) is 0 Å². The van der Waals surface area contributed by atoms with Crippen molar-refractivity contribution in [3.63, 3.8) is 0 Å². The zero-order chi connectivity index (χ0) is 17.9. The molecule has 0 unspecified atom stereocenters. The normalized spacial score (nSPS) is 13.9. The summed E-state index contributed by atoms with van der Waals surface area (Å²) in [7, 11) is 1.84. The second-order valence-corrected chi connectivity index (χ2v) is 8.17. The highest BCUT2D eigenvalue weighted by molar-refractivity contribution is 7.99. The summed E-state index contributed by atoms with van der Waals surface area (Å²) in [5.41, 5.74) is 1.16. The predicted molar refractivity (Wildman–Crippen MR) is 101 cm³/mol. The van der Waals surface area contributed by atoms with Crippen LogP contribution in [0, 0.1) is 0 Å². The van der Waals surface area contributed by atoms with Gasteiger partial charge in [0.15, 0.2) is 5.16 Å². The van der Waals surface area contributed by atoms with E-state index in [0.717, 1.165) is 35.1 Å². The summed E-state index contributed by atoms with van der Waals surface area (Å²) in [6.45, 7) is 1.24. The van der Waals surface area contributed by atoms with Crippen LogP contribution in [0.15, 0.2) is 44.8 Å². The maximum Gasteiger partial charge on any atom is 0.233 e. The molecular weight excluding hydrogens is 368 g/mol. The maximum atomic E-state index is 12.5. The Morgan fingerprint density at radius 3 is 3.00 bits per heavy atom. The molecule has 136 valence electrons. The molecule has 1 aliphatic rings. The molecule has 0 aliphatic heterocycles. The minimum atomic E-state index is 0.0849. The van der Waals surface area contributed by atoms with Gasteiger partial charge in [-0.25, -0.2) is 0 Å². The van der Waals surface area contributed by atoms with E-state index in [9.17, 15) is 4.79 Å². The van der Waals surface area contributed by atoms with Crippen molar-refractivity contribution < 1.29 is 9.21 Å². The van der Waals surface area contributed by atoms with Gasteiger partial charge in [-0.15, -0.1) is 10.2 Å². The fraction of sp³-hybridized carbons (Fsp3) is 0.389. The molecule has 26 heavy (non-hydrogen) atoms. The second kappa shape index (κ2) is 7.67. The van der Waals surface area contributed by atoms with Crippen molar-refractivity contribution in [1.82, 2.24) is 19.7 Å². The van der Waals surface area contributed by atoms with E-state index in [0.29, 0.717) is 24.8 Å². The van der Waals surface area contributed by atoms with Crippen LogP contribution < -0.4 is 0 Å². The lowest BCUT2D eigenvalue weighted by Gasteiger charge is -2.16. The van der Waals surface area contributed by atoms with E-state index in [4.69, 9.17) is 4.42 Å². The van der Waals surface area contributed by atoms with E-state index < -0.39 is 0 Å². The number of thioether (sulfide) groups is 1. The summed E-state index contributed by atoms with van der Waals surface area (Å²) in [6, 6.07) is 5.88. The average molecular weight is 389 g/mol. The van der Waals surface area contributed by atoms with Crippen LogP contribution in [-0.4, -0.2) is 38.4 Å². The Labute approximate surface area is 160 Å². The number of aromatic nitrogens is 3. The predicted octanol–water partition coefficient (Wildman–Crippen LogP) is 3.61. The van der Waals surface area contributed by atoms with Crippen LogP contribution >= 0.6 is 23.1 Å². The van der Waals surface area contributed by atoms with Crippen molar-refractivity contribution in [1.29, 1.82) is 0 Å². The maximum absolute atomic E-state index is 12.5. The highest BCUT2D eigenvalue weighted by atomic mass is 32.2. The lowest BCUT2D eigenvalue weighted by atomic mass is 10.3. The van der Waals surface area contributed by atoms with Crippen molar-refractivity contribution in [2.45, 2.75) is 37.0 Å². The molecule has 0 bridgehead atoms. The molecule has 0 N–H and O–H groups in total. The van der Waals surface area contributed by atoms with E-state index >= 15 is 0 Å². The molecule has 1 aliphatic carbocycles. The van der Waals surface area contributed by atoms with Gasteiger partial charge in [-0.05, 0) is 47.4 Å². The Morgan fingerprint density at radius 1 is 1.42 bits per heavy atom. The fourth-order valence-electron chi connectivity index (χ4n) is 2.74. The summed E-state index contributed by atoms with van der Waals surface area (Å²) >= 11 is 3.09. The minimum absolute atomic E-state index is 0.0849. The van der Waals surface area contributed by atoms with Crippen LogP contribution in [0.3, 0.4) is 0 Å². The molecule has 1 amide bonds. The van der Waals surface area contributed by atoms with Crippen molar-refractivity contribution in [3.8, 4) is 0 Å². The number of amides is 1. The van der Waals surface area contributed by atoms with Gasteiger partial charge in [-0.2, -0.15) is 11.3 Å². The number of carbonyl (C=O) groups excluding carboxylic acids is 1. The van der Waals surface area contributed by atoms with Crippen LogP contribution in [0.25, 0.3) is 0 Å². The lowest BCUT2D eigenvalue weighted by molar-refractivity contribution is -0.127. The molecular formula is C18H20N4O2S2. The van der Waals surface area contributed by atoms with Crippen molar-refractivity contribution in [2.24, 2.45) is 0 Å². The zero-order valence-electron chi connectivity index (χ0n) is 14.5. The first kappa shape index (κ1) is 17.4. The second-order valence-electron chi connectivity index (χ2n) is 6.45. The Kier molecular flexibility index (Phi) is 5.12. The summed E-state index contributed by atoms with van der Waals surface area (Å²) in [6.07, 6.45) is 3.98. The third-order valence-corrected chi connectivity index (χ3v) is 6.02. The monoisotopic (exact) mass is 388 g/mol. The van der Waals surface area contributed by atoms with Crippen LogP contribution in [0.5, 0.6) is 0 Å². The van der Waals surface area contributed by atoms with E-state index in [1.165, 1.54) is 11.8 Å². The first-order valence-electron chi connectivity index (χ1n) is 8.54. The molecule has 0 aromatic carbocycles. The van der Waals surface area contributed by atoms with Gasteiger partial charge in [-0.3, -0.25) is 9.36 Å². The summed E-state index contributed by atoms with van der Waals surface area (Å²) in [5, 5.41) is 13.6. The first-order valence-corrected chi connectivity index (χ1v) is 10.5. The minimum Gasteiger partial charge on any atom is -0.467 e. The largest absolute Gasteiger partial charge is 0.467 e. The Balaban J connectivity index is 1.41. The Morgan fingerprint density at radius 2 is 2.31 bits per heavy atom. The number of thiophene rings is 1. The van der Waals surface area contributed by atoms with Gasteiger partial charge >= 0.3 is 0 Å². The highest BCUT2D eigenvalue weighted by Gasteiger charge is 2.31. The molecule has 3 aromatic rings. The summed E-state index contributed by atoms with van der Waals surface area (Å²) in [4.78, 5) is 14.2. The molecule has 3 aromatic heterocycles. The smallest absolute Gasteiger partial charge is 0.233 e. The summed E-state index contributed by atoms with van der Waals surface area (Å²) < 4.78 is 7.57. The molecule has 0 radical (unpaired) electrons. The van der Waals surface area contributed by atoms with Crippen molar-refractivity contribution in [3.05, 3.63) is 52.4 Å². The van der Waals surface area contributed by atoms with E-state index in [-0.39, 0.29) is 5.91 Å². The molecule has 1 saturated carbocycles. The number of rotatable bonds is 8. The first-order chi connectivity index (χ1) is 12.7. The molecule has 1 fully saturated rings. The molecule has 0 atom stereocenters. The van der Waals surface area contributed by atoms with Gasteiger partial charge in [0, 0.05) is 19.5 Å². The fourth-order valence-corrected chi connectivity index (χ4v) is 4.28. The van der Waals surface area contributed by atoms with Gasteiger partial charge in [0.2, 0.25) is 5.91 Å². The van der Waals surface area contributed by atoms with Gasteiger partial charge in [0.1, 0.15) is 11.6 Å². The van der Waals surface area contributed by atoms with Crippen LogP contribution in [-0.2, 0) is 17.9 Å². The standard InChI is InChI=1S/C18H20N4O2S2/c1-21(9-13-6-8-25-11-13)16(23)12-26-18-20-19-17(14-4-5-14)22(18)10-15-3-2-7-24-15/h2-3,6-8,11,14H,4-5,9-10,12H2,1H3. The van der Waals surface area contributed by atoms with E-state index in [2.05, 4.69) is 20.1 Å². The molecule has 6 nitrogen and oxygen atoms in total. The molecule has 8 heteroatoms. The third kappa shape index (κ3) is 4.02. The molecule has 4 rings (SSSR count). The summed E-state index contributed by atoms with van der Waals surface area (Å²) in [5.74, 6) is 2.80. The number of nitrogens with zero attached hydrogens (tertiary/aromatic N) is 4. The van der Waals surface area contributed by atoms with Gasteiger partial charge < -0.3 is 9.32 Å². The number of hydrogen-bond donors (Lipinski definition) is 0. The number of furan rings is 1. The topological polar surface area (TPSA) is 64.2 Å². The van der Waals surface area contributed by atoms with E-state index in [1.54, 1.807) is 22.5 Å². The lowest BCUT2D eigenvalue weighted by Crippen LogP contribution is -2.27. The number of carbonyl (C=O) groups is 1. The quantitative estimate of drug-likeness (QED) is 0.552. The van der Waals surface area contributed by atoms with Gasteiger partial charge in [0.05, 0.1) is 18.6 Å².